The van der Waals surface area contributed by atoms with Crippen molar-refractivity contribution in [3.63, 3.8) is 0 Å². The standard InChI is InChI=1S/C15H20F2N2O3.ClH/c16-15(17)22-13-4-2-12(3-5-13)14(20)18-6-1-7-19-8-10-21-11-9-19;/h2-5,15H,1,6-11H2,(H,18,20);1H. The summed E-state index contributed by atoms with van der Waals surface area (Å²) in [5.41, 5.74) is 0.424. The van der Waals surface area contributed by atoms with Gasteiger partial charge in [0.1, 0.15) is 5.75 Å². The molecular weight excluding hydrogens is 330 g/mol. The number of nitrogens with zero attached hydrogens (tertiary/aromatic N) is 1. The lowest BCUT2D eigenvalue weighted by molar-refractivity contribution is -0.0498. The van der Waals surface area contributed by atoms with Crippen LogP contribution in [-0.4, -0.2) is 56.8 Å². The number of amides is 1. The number of carbonyl (C=O) groups is 1. The van der Waals surface area contributed by atoms with Crippen molar-refractivity contribution in [2.45, 2.75) is 13.0 Å². The minimum Gasteiger partial charge on any atom is -0.435 e. The molecule has 0 spiro atoms. The van der Waals surface area contributed by atoms with E-state index in [4.69, 9.17) is 4.74 Å². The van der Waals surface area contributed by atoms with Crippen LogP contribution in [0.25, 0.3) is 0 Å². The Morgan fingerprint density at radius 3 is 2.52 bits per heavy atom. The first kappa shape index (κ1) is 19.6. The molecule has 1 aliphatic rings. The van der Waals surface area contributed by atoms with Crippen molar-refractivity contribution in [3.8, 4) is 5.75 Å². The Hall–Kier alpha value is -1.44. The number of carbonyl (C=O) groups excluding carboxylic acids is 1. The molecule has 1 saturated heterocycles. The molecule has 0 aliphatic carbocycles. The molecule has 5 nitrogen and oxygen atoms in total. The molecule has 2 rings (SSSR count). The zero-order valence-electron chi connectivity index (χ0n) is 12.7. The van der Waals surface area contributed by atoms with Gasteiger partial charge in [0.05, 0.1) is 13.2 Å². The van der Waals surface area contributed by atoms with E-state index in [9.17, 15) is 13.6 Å². The number of hydrogen-bond acceptors (Lipinski definition) is 4. The lowest BCUT2D eigenvalue weighted by Crippen LogP contribution is -2.38. The number of rotatable bonds is 7. The van der Waals surface area contributed by atoms with Gasteiger partial charge in [-0.3, -0.25) is 9.69 Å². The van der Waals surface area contributed by atoms with Crippen LogP contribution in [0.3, 0.4) is 0 Å². The van der Waals surface area contributed by atoms with Gasteiger partial charge in [0.15, 0.2) is 0 Å². The SMILES string of the molecule is Cl.O=C(NCCCN1CCOCC1)c1ccc(OC(F)F)cc1. The molecule has 0 atom stereocenters. The molecule has 1 fully saturated rings. The fourth-order valence-corrected chi connectivity index (χ4v) is 2.22. The molecule has 0 aromatic heterocycles. The largest absolute Gasteiger partial charge is 0.435 e. The Morgan fingerprint density at radius 1 is 1.26 bits per heavy atom. The van der Waals surface area contributed by atoms with Crippen molar-refractivity contribution in [3.05, 3.63) is 29.8 Å². The van der Waals surface area contributed by atoms with Crippen LogP contribution in [0, 0.1) is 0 Å². The van der Waals surface area contributed by atoms with Gasteiger partial charge in [0.2, 0.25) is 0 Å². The topological polar surface area (TPSA) is 50.8 Å². The third-order valence-electron chi connectivity index (χ3n) is 3.38. The molecule has 0 saturated carbocycles. The Balaban J connectivity index is 0.00000264. The van der Waals surface area contributed by atoms with E-state index in [1.807, 2.05) is 0 Å². The van der Waals surface area contributed by atoms with Crippen molar-refractivity contribution in [1.82, 2.24) is 10.2 Å². The average molecular weight is 351 g/mol. The van der Waals surface area contributed by atoms with E-state index in [0.717, 1.165) is 39.3 Å². The van der Waals surface area contributed by atoms with E-state index in [2.05, 4.69) is 15.0 Å². The summed E-state index contributed by atoms with van der Waals surface area (Å²) in [6.45, 7) is 2.02. The summed E-state index contributed by atoms with van der Waals surface area (Å²) in [5, 5.41) is 2.81. The van der Waals surface area contributed by atoms with Gasteiger partial charge in [-0.2, -0.15) is 8.78 Å². The molecule has 1 aromatic rings. The molecular formula is C15H21ClF2N2O3. The second-order valence-electron chi connectivity index (χ2n) is 4.97. The third kappa shape index (κ3) is 7.11. The van der Waals surface area contributed by atoms with Crippen LogP contribution < -0.4 is 10.1 Å². The highest BCUT2D eigenvalue weighted by Gasteiger charge is 2.10. The molecule has 1 heterocycles. The van der Waals surface area contributed by atoms with E-state index in [1.54, 1.807) is 0 Å². The van der Waals surface area contributed by atoms with E-state index in [-0.39, 0.29) is 24.1 Å². The maximum Gasteiger partial charge on any atom is 0.387 e. The van der Waals surface area contributed by atoms with Crippen molar-refractivity contribution >= 4 is 18.3 Å². The number of morpholine rings is 1. The van der Waals surface area contributed by atoms with Crippen LogP contribution in [0.5, 0.6) is 5.75 Å². The fraction of sp³-hybridized carbons (Fsp3) is 0.533. The minimum absolute atomic E-state index is 0. The first-order chi connectivity index (χ1) is 10.6. The third-order valence-corrected chi connectivity index (χ3v) is 3.38. The molecule has 130 valence electrons. The molecule has 0 unspecified atom stereocenters. The van der Waals surface area contributed by atoms with Crippen LogP contribution >= 0.6 is 12.4 Å². The van der Waals surface area contributed by atoms with Gasteiger partial charge in [0.25, 0.3) is 5.91 Å². The number of alkyl halides is 2. The molecule has 23 heavy (non-hydrogen) atoms. The number of benzene rings is 1. The van der Waals surface area contributed by atoms with Crippen molar-refractivity contribution < 1.29 is 23.0 Å². The predicted octanol–water partition coefficient (Wildman–Crippen LogP) is 2.16. The van der Waals surface area contributed by atoms with Crippen molar-refractivity contribution in [2.24, 2.45) is 0 Å². The molecule has 8 heteroatoms. The summed E-state index contributed by atoms with van der Waals surface area (Å²) >= 11 is 0. The first-order valence-corrected chi connectivity index (χ1v) is 7.28. The van der Waals surface area contributed by atoms with Crippen molar-refractivity contribution in [1.29, 1.82) is 0 Å². The zero-order chi connectivity index (χ0) is 15.8. The molecule has 1 N–H and O–H groups in total. The van der Waals surface area contributed by atoms with Gasteiger partial charge in [-0.25, -0.2) is 0 Å². The Labute approximate surface area is 140 Å². The highest BCUT2D eigenvalue weighted by Crippen LogP contribution is 2.14. The molecule has 1 amide bonds. The Bertz CT molecular complexity index is 468. The Morgan fingerprint density at radius 2 is 1.91 bits per heavy atom. The number of halogens is 3. The normalized spacial score (nSPS) is 15.1. The molecule has 1 aliphatic heterocycles. The zero-order valence-corrected chi connectivity index (χ0v) is 13.5. The summed E-state index contributed by atoms with van der Waals surface area (Å²) in [7, 11) is 0. The highest BCUT2D eigenvalue weighted by molar-refractivity contribution is 5.94. The van der Waals surface area contributed by atoms with Crippen molar-refractivity contribution in [2.75, 3.05) is 39.4 Å². The smallest absolute Gasteiger partial charge is 0.387 e. The van der Waals surface area contributed by atoms with E-state index < -0.39 is 6.61 Å². The second-order valence-corrected chi connectivity index (χ2v) is 4.97. The number of ether oxygens (including phenoxy) is 2. The summed E-state index contributed by atoms with van der Waals surface area (Å²) in [4.78, 5) is 14.2. The van der Waals surface area contributed by atoms with Gasteiger partial charge < -0.3 is 14.8 Å². The van der Waals surface area contributed by atoms with Crippen LogP contribution in [0.4, 0.5) is 8.78 Å². The summed E-state index contributed by atoms with van der Waals surface area (Å²) < 4.78 is 33.6. The quantitative estimate of drug-likeness (QED) is 0.766. The van der Waals surface area contributed by atoms with Gasteiger partial charge in [-0.1, -0.05) is 0 Å². The van der Waals surface area contributed by atoms with E-state index >= 15 is 0 Å². The lowest BCUT2D eigenvalue weighted by Gasteiger charge is -2.26. The average Bonchev–Trinajstić information content (AvgIpc) is 2.52. The van der Waals surface area contributed by atoms with Crippen LogP contribution in [0.1, 0.15) is 16.8 Å². The first-order valence-electron chi connectivity index (χ1n) is 7.28. The maximum atomic E-state index is 12.0. The van der Waals surface area contributed by atoms with Gasteiger partial charge in [-0.15, -0.1) is 12.4 Å². The van der Waals surface area contributed by atoms with Crippen LogP contribution in [-0.2, 0) is 4.74 Å². The molecule has 0 bridgehead atoms. The molecule has 1 aromatic carbocycles. The van der Waals surface area contributed by atoms with Gasteiger partial charge in [-0.05, 0) is 37.2 Å². The second kappa shape index (κ2) is 10.4. The van der Waals surface area contributed by atoms with E-state index in [0.29, 0.717) is 12.1 Å². The number of hydrogen-bond donors (Lipinski definition) is 1. The monoisotopic (exact) mass is 350 g/mol. The van der Waals surface area contributed by atoms with Crippen LogP contribution in [0.2, 0.25) is 0 Å². The number of nitrogens with one attached hydrogen (secondary N) is 1. The fourth-order valence-electron chi connectivity index (χ4n) is 2.22. The molecule has 0 radical (unpaired) electrons. The summed E-state index contributed by atoms with van der Waals surface area (Å²) in [6, 6.07) is 5.65. The predicted molar refractivity (Wildman–Crippen MR) is 84.5 cm³/mol. The Kier molecular flexibility index (Phi) is 8.83. The lowest BCUT2D eigenvalue weighted by atomic mass is 10.2. The minimum atomic E-state index is -2.86. The van der Waals surface area contributed by atoms with Gasteiger partial charge in [0, 0.05) is 25.2 Å². The maximum absolute atomic E-state index is 12.0. The van der Waals surface area contributed by atoms with Crippen LogP contribution in [0.15, 0.2) is 24.3 Å². The summed E-state index contributed by atoms with van der Waals surface area (Å²) in [6.07, 6.45) is 0.859. The summed E-state index contributed by atoms with van der Waals surface area (Å²) in [5.74, 6) is -0.176. The highest BCUT2D eigenvalue weighted by atomic mass is 35.5. The van der Waals surface area contributed by atoms with Gasteiger partial charge >= 0.3 is 6.61 Å². The van der Waals surface area contributed by atoms with E-state index in [1.165, 1.54) is 24.3 Å².